The fraction of sp³-hybridized carbons (Fsp3) is 0.455. The van der Waals surface area contributed by atoms with E-state index >= 15 is 0 Å². The van der Waals surface area contributed by atoms with Crippen molar-refractivity contribution in [1.29, 1.82) is 0 Å². The monoisotopic (exact) mass is 193 g/mol. The van der Waals surface area contributed by atoms with Gasteiger partial charge in [0.05, 0.1) is 0 Å². The van der Waals surface area contributed by atoms with Crippen LogP contribution in [0.5, 0.6) is 5.75 Å². The first-order chi connectivity index (χ1) is 6.90. The Balaban J connectivity index is 1.97. The second-order valence-electron chi connectivity index (χ2n) is 3.40. The predicted octanol–water partition coefficient (Wildman–Crippen LogP) is 1.05. The lowest BCUT2D eigenvalue weighted by molar-refractivity contribution is 0.0346. The molecule has 0 aromatic heterocycles. The minimum atomic E-state index is 0.127. The molecule has 1 aliphatic rings. The summed E-state index contributed by atoms with van der Waals surface area (Å²) in [7, 11) is 1.72. The van der Waals surface area contributed by atoms with Crippen LogP contribution in [0.2, 0.25) is 0 Å². The Hall–Kier alpha value is -1.06. The molecule has 14 heavy (non-hydrogen) atoms. The highest BCUT2D eigenvalue weighted by molar-refractivity contribution is 5.21. The molecule has 2 rings (SSSR count). The third kappa shape index (κ3) is 2.05. The summed E-state index contributed by atoms with van der Waals surface area (Å²) in [6.45, 7) is 1.72. The lowest BCUT2D eigenvalue weighted by atomic mass is 10.2. The van der Waals surface area contributed by atoms with Crippen molar-refractivity contribution >= 4 is 0 Å². The van der Waals surface area contributed by atoms with E-state index in [1.807, 2.05) is 30.3 Å². The van der Waals surface area contributed by atoms with E-state index in [-0.39, 0.29) is 12.2 Å². The molecule has 3 nitrogen and oxygen atoms in total. The fourth-order valence-corrected chi connectivity index (χ4v) is 1.66. The van der Waals surface area contributed by atoms with Crippen molar-refractivity contribution in [3.05, 3.63) is 30.3 Å². The van der Waals surface area contributed by atoms with Gasteiger partial charge in [-0.05, 0) is 12.1 Å². The van der Waals surface area contributed by atoms with Gasteiger partial charge in [-0.3, -0.25) is 0 Å². The van der Waals surface area contributed by atoms with Crippen LogP contribution in [-0.2, 0) is 4.74 Å². The summed E-state index contributed by atoms with van der Waals surface area (Å²) < 4.78 is 11.1. The molecule has 2 atom stereocenters. The summed E-state index contributed by atoms with van der Waals surface area (Å²) in [6, 6.07) is 9.85. The maximum atomic E-state index is 5.79. The first kappa shape index (κ1) is 9.49. The van der Waals surface area contributed by atoms with E-state index in [4.69, 9.17) is 9.47 Å². The summed E-state index contributed by atoms with van der Waals surface area (Å²) in [5.41, 5.74) is 0. The second kappa shape index (κ2) is 4.44. The molecule has 0 bridgehead atoms. The van der Waals surface area contributed by atoms with Crippen molar-refractivity contribution < 1.29 is 9.47 Å². The first-order valence-corrected chi connectivity index (χ1v) is 4.85. The standard InChI is InChI=1S/C11H15NO2/c1-13-10-7-12-8-11(10)14-9-5-3-2-4-6-9/h2-6,10-12H,7-8H2,1H3/t10-,11-/m0/s1. The molecule has 0 spiro atoms. The van der Waals surface area contributed by atoms with Crippen LogP contribution in [0.1, 0.15) is 0 Å². The Morgan fingerprint density at radius 3 is 2.57 bits per heavy atom. The third-order valence-corrected chi connectivity index (χ3v) is 2.44. The third-order valence-electron chi connectivity index (χ3n) is 2.44. The summed E-state index contributed by atoms with van der Waals surface area (Å²) in [5.74, 6) is 0.906. The van der Waals surface area contributed by atoms with Crippen molar-refractivity contribution in [3.8, 4) is 5.75 Å². The highest BCUT2D eigenvalue weighted by Gasteiger charge is 2.28. The largest absolute Gasteiger partial charge is 0.486 e. The van der Waals surface area contributed by atoms with Gasteiger partial charge < -0.3 is 14.8 Å². The van der Waals surface area contributed by atoms with Crippen molar-refractivity contribution in [2.45, 2.75) is 12.2 Å². The van der Waals surface area contributed by atoms with Crippen LogP contribution in [0.15, 0.2) is 30.3 Å². The number of benzene rings is 1. The average molecular weight is 193 g/mol. The van der Waals surface area contributed by atoms with E-state index in [1.165, 1.54) is 0 Å². The minimum absolute atomic E-state index is 0.127. The lowest BCUT2D eigenvalue weighted by Crippen LogP contribution is -2.31. The molecular weight excluding hydrogens is 178 g/mol. The highest BCUT2D eigenvalue weighted by atomic mass is 16.5. The van der Waals surface area contributed by atoms with Crippen molar-refractivity contribution in [2.75, 3.05) is 20.2 Å². The van der Waals surface area contributed by atoms with Crippen LogP contribution >= 0.6 is 0 Å². The van der Waals surface area contributed by atoms with Crippen molar-refractivity contribution in [2.24, 2.45) is 0 Å². The number of rotatable bonds is 3. The van der Waals surface area contributed by atoms with Crippen LogP contribution < -0.4 is 10.1 Å². The highest BCUT2D eigenvalue weighted by Crippen LogP contribution is 2.15. The van der Waals surface area contributed by atoms with Crippen LogP contribution in [0.25, 0.3) is 0 Å². The number of ether oxygens (including phenoxy) is 2. The molecule has 1 N–H and O–H groups in total. The normalized spacial score (nSPS) is 26.4. The molecule has 0 aliphatic carbocycles. The van der Waals surface area contributed by atoms with Gasteiger partial charge in [-0.2, -0.15) is 0 Å². The van der Waals surface area contributed by atoms with Gasteiger partial charge in [0.1, 0.15) is 18.0 Å². The molecule has 0 saturated carbocycles. The summed E-state index contributed by atoms with van der Waals surface area (Å²) in [6.07, 6.45) is 0.289. The van der Waals surface area contributed by atoms with Gasteiger partial charge in [-0.15, -0.1) is 0 Å². The van der Waals surface area contributed by atoms with Crippen molar-refractivity contribution in [3.63, 3.8) is 0 Å². The zero-order valence-corrected chi connectivity index (χ0v) is 8.27. The number of para-hydroxylation sites is 1. The zero-order chi connectivity index (χ0) is 9.80. The smallest absolute Gasteiger partial charge is 0.138 e. The quantitative estimate of drug-likeness (QED) is 0.778. The molecule has 1 fully saturated rings. The van der Waals surface area contributed by atoms with Gasteiger partial charge in [0, 0.05) is 20.2 Å². The SMILES string of the molecule is CO[C@H]1CNC[C@@H]1Oc1ccccc1. The molecule has 1 aromatic carbocycles. The average Bonchev–Trinajstić information content (AvgIpc) is 2.67. The van der Waals surface area contributed by atoms with E-state index in [1.54, 1.807) is 7.11 Å². The summed E-state index contributed by atoms with van der Waals surface area (Å²) in [4.78, 5) is 0. The molecule has 0 amide bonds. The first-order valence-electron chi connectivity index (χ1n) is 4.85. The number of hydrogen-bond acceptors (Lipinski definition) is 3. The molecule has 1 saturated heterocycles. The lowest BCUT2D eigenvalue weighted by Gasteiger charge is -2.18. The molecular formula is C11H15NO2. The van der Waals surface area contributed by atoms with Gasteiger partial charge in [0.15, 0.2) is 0 Å². The summed E-state index contributed by atoms with van der Waals surface area (Å²) >= 11 is 0. The van der Waals surface area contributed by atoms with E-state index in [0.717, 1.165) is 18.8 Å². The fourth-order valence-electron chi connectivity index (χ4n) is 1.66. The van der Waals surface area contributed by atoms with E-state index in [2.05, 4.69) is 5.32 Å². The maximum absolute atomic E-state index is 5.79. The molecule has 1 aliphatic heterocycles. The van der Waals surface area contributed by atoms with E-state index < -0.39 is 0 Å². The van der Waals surface area contributed by atoms with Crippen LogP contribution in [-0.4, -0.2) is 32.4 Å². The Bertz CT molecular complexity index is 276. The van der Waals surface area contributed by atoms with Crippen LogP contribution in [0.4, 0.5) is 0 Å². The number of hydrogen-bond donors (Lipinski definition) is 1. The Labute approximate surface area is 84.0 Å². The van der Waals surface area contributed by atoms with E-state index in [9.17, 15) is 0 Å². The number of nitrogens with one attached hydrogen (secondary N) is 1. The summed E-state index contributed by atoms with van der Waals surface area (Å²) in [5, 5.41) is 3.24. The molecule has 0 radical (unpaired) electrons. The number of methoxy groups -OCH3 is 1. The topological polar surface area (TPSA) is 30.5 Å². The molecule has 0 unspecified atom stereocenters. The predicted molar refractivity (Wildman–Crippen MR) is 54.5 cm³/mol. The Morgan fingerprint density at radius 1 is 1.14 bits per heavy atom. The maximum Gasteiger partial charge on any atom is 0.138 e. The second-order valence-corrected chi connectivity index (χ2v) is 3.40. The van der Waals surface area contributed by atoms with Gasteiger partial charge >= 0.3 is 0 Å². The molecule has 1 heterocycles. The van der Waals surface area contributed by atoms with Gasteiger partial charge in [-0.25, -0.2) is 0 Å². The van der Waals surface area contributed by atoms with Gasteiger partial charge in [0.2, 0.25) is 0 Å². The molecule has 1 aromatic rings. The van der Waals surface area contributed by atoms with Gasteiger partial charge in [-0.1, -0.05) is 18.2 Å². The zero-order valence-electron chi connectivity index (χ0n) is 8.27. The Kier molecular flexibility index (Phi) is 3.01. The Morgan fingerprint density at radius 2 is 1.86 bits per heavy atom. The van der Waals surface area contributed by atoms with Crippen LogP contribution in [0.3, 0.4) is 0 Å². The minimum Gasteiger partial charge on any atom is -0.486 e. The molecule has 3 heteroatoms. The van der Waals surface area contributed by atoms with E-state index in [0.29, 0.717) is 0 Å². The molecule has 76 valence electrons. The van der Waals surface area contributed by atoms with Crippen molar-refractivity contribution in [1.82, 2.24) is 5.32 Å². The van der Waals surface area contributed by atoms with Gasteiger partial charge in [0.25, 0.3) is 0 Å². The van der Waals surface area contributed by atoms with Crippen LogP contribution in [0, 0.1) is 0 Å².